The first-order valence-electron chi connectivity index (χ1n) is 6.95. The Hall–Kier alpha value is -0.260. The summed E-state index contributed by atoms with van der Waals surface area (Å²) >= 11 is 0. The zero-order valence-electron chi connectivity index (χ0n) is 11.9. The lowest BCUT2D eigenvalue weighted by Crippen LogP contribution is -2.41. The van der Waals surface area contributed by atoms with Crippen LogP contribution in [0.15, 0.2) is 11.6 Å². The van der Waals surface area contributed by atoms with E-state index in [9.17, 15) is 0 Å². The number of hydrogen-bond acceptors (Lipinski definition) is 0. The highest BCUT2D eigenvalue weighted by atomic mass is 14.5. The van der Waals surface area contributed by atoms with Gasteiger partial charge >= 0.3 is 0 Å². The Morgan fingerprint density at radius 2 is 1.75 bits per heavy atom. The molecule has 0 nitrogen and oxygen atoms in total. The molecule has 2 fully saturated rings. The van der Waals surface area contributed by atoms with Gasteiger partial charge in [0, 0.05) is 0 Å². The van der Waals surface area contributed by atoms with Crippen LogP contribution in [0.25, 0.3) is 0 Å². The molecule has 0 aromatic rings. The van der Waals surface area contributed by atoms with E-state index in [-0.39, 0.29) is 0 Å². The minimum absolute atomic E-state index is 0.498. The van der Waals surface area contributed by atoms with Gasteiger partial charge in [0.15, 0.2) is 0 Å². The minimum atomic E-state index is 0.498. The van der Waals surface area contributed by atoms with Crippen LogP contribution >= 0.6 is 0 Å². The summed E-state index contributed by atoms with van der Waals surface area (Å²) in [5, 5.41) is 0. The Bertz CT molecular complexity index is 314. The van der Waals surface area contributed by atoms with E-state index in [4.69, 9.17) is 0 Å². The molecule has 0 amide bonds. The van der Waals surface area contributed by atoms with Crippen molar-refractivity contribution in [3.63, 3.8) is 0 Å². The first kappa shape index (κ1) is 12.2. The molecule has 5 unspecified atom stereocenters. The van der Waals surface area contributed by atoms with Gasteiger partial charge in [-0.1, -0.05) is 46.3 Å². The van der Waals surface area contributed by atoms with Crippen LogP contribution in [-0.2, 0) is 0 Å². The lowest BCUT2D eigenvalue weighted by Gasteiger charge is -2.49. The van der Waals surface area contributed by atoms with Gasteiger partial charge in [0.2, 0.25) is 0 Å². The van der Waals surface area contributed by atoms with Gasteiger partial charge in [0.1, 0.15) is 0 Å². The van der Waals surface area contributed by atoms with E-state index < -0.39 is 0 Å². The van der Waals surface area contributed by atoms with Crippen LogP contribution < -0.4 is 0 Å². The second kappa shape index (κ2) is 3.62. The van der Waals surface area contributed by atoms with E-state index in [0.29, 0.717) is 10.8 Å². The van der Waals surface area contributed by atoms with Crippen molar-refractivity contribution in [3.8, 4) is 0 Å². The van der Waals surface area contributed by atoms with Crippen molar-refractivity contribution in [2.24, 2.45) is 28.6 Å². The normalized spacial score (nSPS) is 52.4. The average Bonchev–Trinajstić information content (AvgIpc) is 2.72. The molecule has 2 rings (SSSR count). The molecule has 0 bridgehead atoms. The monoisotopic (exact) mass is 220 g/mol. The maximum absolute atomic E-state index is 2.59. The van der Waals surface area contributed by atoms with Crippen molar-refractivity contribution >= 4 is 0 Å². The van der Waals surface area contributed by atoms with Crippen LogP contribution in [0.5, 0.6) is 0 Å². The quantitative estimate of drug-likeness (QED) is 0.584. The molecule has 0 aromatic carbocycles. The van der Waals surface area contributed by atoms with E-state index in [2.05, 4.69) is 47.6 Å². The number of hydrogen-bond donors (Lipinski definition) is 0. The Kier molecular flexibility index (Phi) is 2.76. The van der Waals surface area contributed by atoms with Gasteiger partial charge in [-0.05, 0) is 54.8 Å². The minimum Gasteiger partial charge on any atom is -0.0793 e. The Labute approximate surface area is 102 Å². The highest BCUT2D eigenvalue weighted by molar-refractivity contribution is 5.17. The number of allylic oxidation sites excluding steroid dienone is 2. The summed E-state index contributed by atoms with van der Waals surface area (Å²) in [7, 11) is 0. The second-order valence-corrected chi connectivity index (χ2v) is 7.40. The molecule has 2 aliphatic rings. The molecule has 5 atom stereocenters. The van der Waals surface area contributed by atoms with Crippen molar-refractivity contribution in [2.45, 2.75) is 60.8 Å². The fraction of sp³-hybridized carbons (Fsp3) is 0.875. The van der Waals surface area contributed by atoms with E-state index >= 15 is 0 Å². The average molecular weight is 220 g/mol. The topological polar surface area (TPSA) is 0 Å². The maximum Gasteiger partial charge on any atom is -0.0113 e. The Balaban J connectivity index is 1.97. The molecule has 0 radical (unpaired) electrons. The largest absolute Gasteiger partial charge is 0.0793 e. The van der Waals surface area contributed by atoms with Gasteiger partial charge in [-0.2, -0.15) is 0 Å². The Morgan fingerprint density at radius 3 is 2.12 bits per heavy atom. The number of rotatable bonds is 3. The first-order valence-corrected chi connectivity index (χ1v) is 6.95. The van der Waals surface area contributed by atoms with Crippen LogP contribution in [0.3, 0.4) is 0 Å². The van der Waals surface area contributed by atoms with Crippen molar-refractivity contribution in [1.29, 1.82) is 0 Å². The van der Waals surface area contributed by atoms with Crippen molar-refractivity contribution in [3.05, 3.63) is 11.6 Å². The highest BCUT2D eigenvalue weighted by Gasteiger charge is 2.47. The smallest absolute Gasteiger partial charge is 0.0113 e. The summed E-state index contributed by atoms with van der Waals surface area (Å²) in [5.41, 5.74) is 2.76. The lowest BCUT2D eigenvalue weighted by molar-refractivity contribution is 0.0429. The van der Waals surface area contributed by atoms with Gasteiger partial charge in [0.05, 0.1) is 0 Å². The maximum atomic E-state index is 2.59. The van der Waals surface area contributed by atoms with Gasteiger partial charge in [-0.15, -0.1) is 0 Å². The third-order valence-electron chi connectivity index (χ3n) is 5.72. The zero-order valence-corrected chi connectivity index (χ0v) is 11.9. The molecule has 2 saturated carbocycles. The van der Waals surface area contributed by atoms with Crippen LogP contribution in [0.2, 0.25) is 0 Å². The van der Waals surface area contributed by atoms with Gasteiger partial charge < -0.3 is 0 Å². The van der Waals surface area contributed by atoms with Crippen LogP contribution in [0.4, 0.5) is 0 Å². The fourth-order valence-corrected chi connectivity index (χ4v) is 3.87. The molecule has 0 aliphatic heterocycles. The van der Waals surface area contributed by atoms with Crippen LogP contribution in [0, 0.1) is 28.6 Å². The SMILES string of the molecule is CC(=CC1(C)CC(C)C1C)CC1(C)CC1C. The molecule has 2 aliphatic carbocycles. The van der Waals surface area contributed by atoms with Crippen molar-refractivity contribution < 1.29 is 0 Å². The van der Waals surface area contributed by atoms with Gasteiger partial charge in [-0.25, -0.2) is 0 Å². The van der Waals surface area contributed by atoms with E-state index in [1.165, 1.54) is 19.3 Å². The molecular formula is C16H28. The first-order chi connectivity index (χ1) is 7.27. The molecule has 16 heavy (non-hydrogen) atoms. The van der Waals surface area contributed by atoms with Crippen molar-refractivity contribution in [1.82, 2.24) is 0 Å². The fourth-order valence-electron chi connectivity index (χ4n) is 3.87. The summed E-state index contributed by atoms with van der Waals surface area (Å²) in [6.07, 6.45) is 6.73. The third-order valence-corrected chi connectivity index (χ3v) is 5.72. The zero-order chi connectivity index (χ0) is 12.1. The molecule has 0 heterocycles. The standard InChI is InChI=1S/C16H28/c1-11(7-15(5)10-13(15)3)8-16(6)9-12(2)14(16)4/h8,12-14H,7,9-10H2,1-6H3. The van der Waals surface area contributed by atoms with E-state index in [1.54, 1.807) is 5.57 Å². The molecule has 0 N–H and O–H groups in total. The molecule has 0 saturated heterocycles. The molecule has 0 aromatic heterocycles. The lowest BCUT2D eigenvalue weighted by atomic mass is 9.55. The van der Waals surface area contributed by atoms with Gasteiger partial charge in [0.25, 0.3) is 0 Å². The molecular weight excluding hydrogens is 192 g/mol. The third kappa shape index (κ3) is 1.96. The van der Waals surface area contributed by atoms with Crippen LogP contribution in [-0.4, -0.2) is 0 Å². The summed E-state index contributed by atoms with van der Waals surface area (Å²) in [6, 6.07) is 0. The predicted molar refractivity (Wildman–Crippen MR) is 71.3 cm³/mol. The second-order valence-electron chi connectivity index (χ2n) is 7.40. The van der Waals surface area contributed by atoms with Gasteiger partial charge in [-0.3, -0.25) is 0 Å². The molecule has 92 valence electrons. The van der Waals surface area contributed by atoms with E-state index in [1.807, 2.05) is 0 Å². The van der Waals surface area contributed by atoms with E-state index in [0.717, 1.165) is 17.8 Å². The highest BCUT2D eigenvalue weighted by Crippen LogP contribution is 2.57. The summed E-state index contributed by atoms with van der Waals surface area (Å²) in [5.74, 6) is 2.73. The summed E-state index contributed by atoms with van der Waals surface area (Å²) in [4.78, 5) is 0. The molecule has 0 spiro atoms. The predicted octanol–water partition coefficient (Wildman–Crippen LogP) is 5.05. The summed E-state index contributed by atoms with van der Waals surface area (Å²) < 4.78 is 0. The molecule has 0 heteroatoms. The Morgan fingerprint density at radius 1 is 1.19 bits per heavy atom. The van der Waals surface area contributed by atoms with Crippen molar-refractivity contribution in [2.75, 3.05) is 0 Å². The van der Waals surface area contributed by atoms with Crippen LogP contribution in [0.1, 0.15) is 60.8 Å². The summed E-state index contributed by atoms with van der Waals surface area (Å²) in [6.45, 7) is 14.4.